The average molecular weight is 124 g/mol. The van der Waals surface area contributed by atoms with Crippen LogP contribution in [0.4, 0.5) is 14.0 Å². The topological polar surface area (TPSA) is 106 Å². The summed E-state index contributed by atoms with van der Waals surface area (Å²) in [6.45, 7) is 0. The Bertz CT molecular complexity index is 73.3. The summed E-state index contributed by atoms with van der Waals surface area (Å²) in [5.74, 6) is 0. The van der Waals surface area contributed by atoms with Gasteiger partial charge in [-0.25, -0.2) is 9.59 Å². The van der Waals surface area contributed by atoms with E-state index in [4.69, 9.17) is 14.7 Å². The molecule has 2 amide bonds. The molecule has 0 rings (SSSR count). The normalized spacial score (nSPS) is 6.12. The molecule has 8 heavy (non-hydrogen) atoms. The minimum Gasteiger partial charge on any atom is -0.465 e. The van der Waals surface area contributed by atoms with E-state index in [-0.39, 0.29) is 0 Å². The maximum absolute atomic E-state index is 10.1. The second-order valence-corrected chi connectivity index (χ2v) is 0.642. The van der Waals surface area contributed by atoms with Gasteiger partial charge in [0, 0.05) is 0 Å². The lowest BCUT2D eigenvalue weighted by molar-refractivity contribution is 0.205. The van der Waals surface area contributed by atoms with Gasteiger partial charge in [0.2, 0.25) is 0 Å². The monoisotopic (exact) mass is 124 g/mol. The van der Waals surface area contributed by atoms with Crippen LogP contribution in [0, 0.1) is 0 Å². The van der Waals surface area contributed by atoms with E-state index in [9.17, 15) is 4.39 Å². The Hall–Kier alpha value is -1.33. The molecule has 0 heterocycles. The SMILES string of the molecule is NC(=O)F.NC(=O)O. The fourth-order valence-electron chi connectivity index (χ4n) is 0. The molecule has 5 nitrogen and oxygen atoms in total. The number of carbonyl (C=O) groups is 2. The Morgan fingerprint density at radius 1 is 1.38 bits per heavy atom. The highest BCUT2D eigenvalue weighted by molar-refractivity contribution is 5.62. The van der Waals surface area contributed by atoms with Gasteiger partial charge in [0.25, 0.3) is 0 Å². The number of amides is 2. The lowest BCUT2D eigenvalue weighted by Crippen LogP contribution is -2.03. The predicted octanol–water partition coefficient (Wildman–Crippen LogP) is -0.342. The van der Waals surface area contributed by atoms with Crippen LogP contribution in [0.1, 0.15) is 0 Å². The smallest absolute Gasteiger partial charge is 0.402 e. The van der Waals surface area contributed by atoms with Crippen LogP contribution in [0.3, 0.4) is 0 Å². The van der Waals surface area contributed by atoms with Crippen LogP contribution in [-0.2, 0) is 0 Å². The molecule has 0 aromatic carbocycles. The van der Waals surface area contributed by atoms with Crippen LogP contribution in [0.2, 0.25) is 0 Å². The summed E-state index contributed by atoms with van der Waals surface area (Å²) in [5.41, 5.74) is 7.83. The second kappa shape index (κ2) is 5.67. The van der Waals surface area contributed by atoms with Gasteiger partial charge in [0.1, 0.15) is 0 Å². The van der Waals surface area contributed by atoms with E-state index in [0.29, 0.717) is 0 Å². The Morgan fingerprint density at radius 3 is 1.38 bits per heavy atom. The molecule has 48 valence electrons. The van der Waals surface area contributed by atoms with Gasteiger partial charge in [-0.05, 0) is 0 Å². The summed E-state index contributed by atoms with van der Waals surface area (Å²) in [5, 5.41) is 7.19. The van der Waals surface area contributed by atoms with Gasteiger partial charge in [-0.1, -0.05) is 0 Å². The van der Waals surface area contributed by atoms with Crippen LogP contribution < -0.4 is 11.5 Å². The summed E-state index contributed by atoms with van der Waals surface area (Å²) >= 11 is 0. The van der Waals surface area contributed by atoms with Crippen LogP contribution in [0.25, 0.3) is 0 Å². The van der Waals surface area contributed by atoms with Gasteiger partial charge in [0.05, 0.1) is 0 Å². The maximum atomic E-state index is 10.1. The standard InChI is InChI=1S/CH2FNO.CH3NO2/c2*2-1(3)4/h(H2,3,4);2H2,(H,3,4). The third-order valence-corrected chi connectivity index (χ3v) is 0. The highest BCUT2D eigenvalue weighted by Crippen LogP contribution is 1.52. The molecule has 0 radical (unpaired) electrons. The molecule has 0 saturated heterocycles. The zero-order valence-corrected chi connectivity index (χ0v) is 3.80. The van der Waals surface area contributed by atoms with Crippen molar-refractivity contribution in [2.75, 3.05) is 0 Å². The fourth-order valence-corrected chi connectivity index (χ4v) is 0. The number of primary amides is 2. The molecular formula is C2H5FN2O3. The van der Waals surface area contributed by atoms with Crippen LogP contribution in [0.5, 0.6) is 0 Å². The number of halogens is 1. The van der Waals surface area contributed by atoms with Crippen molar-refractivity contribution in [3.8, 4) is 0 Å². The number of nitrogens with two attached hydrogens (primary N) is 2. The first-order valence-electron chi connectivity index (χ1n) is 1.40. The Kier molecular flexibility index (Phi) is 6.97. The van der Waals surface area contributed by atoms with Crippen molar-refractivity contribution in [2.24, 2.45) is 11.5 Å². The molecule has 5 N–H and O–H groups in total. The van der Waals surface area contributed by atoms with Crippen LogP contribution in [0.15, 0.2) is 0 Å². The second-order valence-electron chi connectivity index (χ2n) is 0.642. The minimum absolute atomic E-state index is 1.33. The molecule has 0 aromatic rings. The van der Waals surface area contributed by atoms with E-state index in [1.165, 1.54) is 0 Å². The number of carbonyl (C=O) groups excluding carboxylic acids is 1. The highest BCUT2D eigenvalue weighted by Gasteiger charge is 1.69. The molecule has 0 bridgehead atoms. The van der Waals surface area contributed by atoms with E-state index < -0.39 is 12.3 Å². The Morgan fingerprint density at radius 2 is 1.38 bits per heavy atom. The van der Waals surface area contributed by atoms with E-state index in [0.717, 1.165) is 0 Å². The van der Waals surface area contributed by atoms with Gasteiger partial charge in [-0.2, -0.15) is 0 Å². The number of hydrogen-bond donors (Lipinski definition) is 3. The predicted molar refractivity (Wildman–Crippen MR) is 22.9 cm³/mol. The lowest BCUT2D eigenvalue weighted by Gasteiger charge is -1.61. The van der Waals surface area contributed by atoms with Gasteiger partial charge in [-0.3, -0.25) is 0 Å². The Labute approximate surface area is 44.1 Å². The van der Waals surface area contributed by atoms with Crippen molar-refractivity contribution < 1.29 is 19.1 Å². The molecule has 0 fully saturated rings. The van der Waals surface area contributed by atoms with Crippen LogP contribution >= 0.6 is 0 Å². The first kappa shape index (κ1) is 9.83. The van der Waals surface area contributed by atoms with Gasteiger partial charge < -0.3 is 16.6 Å². The fraction of sp³-hybridized carbons (Fsp3) is 0. The molecule has 0 aliphatic carbocycles. The van der Waals surface area contributed by atoms with E-state index in [2.05, 4.69) is 11.5 Å². The molecule has 0 aliphatic heterocycles. The van der Waals surface area contributed by atoms with Crippen molar-refractivity contribution in [1.82, 2.24) is 0 Å². The summed E-state index contributed by atoms with van der Waals surface area (Å²) in [7, 11) is 0. The van der Waals surface area contributed by atoms with Crippen molar-refractivity contribution in [1.29, 1.82) is 0 Å². The lowest BCUT2D eigenvalue weighted by atomic mass is 11.3. The largest absolute Gasteiger partial charge is 0.465 e. The molecular weight excluding hydrogens is 119 g/mol. The summed E-state index contributed by atoms with van der Waals surface area (Å²) in [6, 6.07) is 0. The van der Waals surface area contributed by atoms with Crippen molar-refractivity contribution >= 4 is 12.3 Å². The molecule has 0 aliphatic rings. The van der Waals surface area contributed by atoms with E-state index >= 15 is 0 Å². The molecule has 0 aromatic heterocycles. The molecule has 6 heteroatoms. The average Bonchev–Trinajstić information content (AvgIpc) is 1.25. The summed E-state index contributed by atoms with van der Waals surface area (Å²) in [6.07, 6.45) is -3.17. The van der Waals surface area contributed by atoms with E-state index in [1.807, 2.05) is 0 Å². The number of rotatable bonds is 0. The zero-order chi connectivity index (χ0) is 7.15. The van der Waals surface area contributed by atoms with Gasteiger partial charge in [-0.15, -0.1) is 4.39 Å². The van der Waals surface area contributed by atoms with Crippen molar-refractivity contribution in [2.45, 2.75) is 0 Å². The van der Waals surface area contributed by atoms with E-state index in [1.54, 1.807) is 0 Å². The zero-order valence-electron chi connectivity index (χ0n) is 3.80. The quantitative estimate of drug-likeness (QED) is 0.303. The van der Waals surface area contributed by atoms with Crippen molar-refractivity contribution in [3.63, 3.8) is 0 Å². The molecule has 0 spiro atoms. The van der Waals surface area contributed by atoms with Gasteiger partial charge in [0.15, 0.2) is 0 Å². The first-order chi connectivity index (χ1) is 3.46. The first-order valence-corrected chi connectivity index (χ1v) is 1.40. The Balaban J connectivity index is 0. The molecule has 0 saturated carbocycles. The summed E-state index contributed by atoms with van der Waals surface area (Å²) in [4.78, 5) is 17.3. The molecule has 0 atom stereocenters. The van der Waals surface area contributed by atoms with Gasteiger partial charge >= 0.3 is 12.3 Å². The number of hydrogen-bond acceptors (Lipinski definition) is 2. The van der Waals surface area contributed by atoms with Crippen molar-refractivity contribution in [3.05, 3.63) is 0 Å². The van der Waals surface area contributed by atoms with Crippen LogP contribution in [-0.4, -0.2) is 17.4 Å². The number of carboxylic acid groups (broad SMARTS) is 1. The molecule has 0 unspecified atom stereocenters. The highest BCUT2D eigenvalue weighted by atomic mass is 19.1. The minimum atomic E-state index is -1.83. The third-order valence-electron chi connectivity index (χ3n) is 0. The summed E-state index contributed by atoms with van der Waals surface area (Å²) < 4.78 is 10.1. The third kappa shape index (κ3) is 35.6. The maximum Gasteiger partial charge on any atom is 0.402 e.